The highest BCUT2D eigenvalue weighted by atomic mass is 16.5. The third-order valence-corrected chi connectivity index (χ3v) is 3.78. The van der Waals surface area contributed by atoms with E-state index >= 15 is 0 Å². The van der Waals surface area contributed by atoms with Gasteiger partial charge in [-0.3, -0.25) is 4.79 Å². The molecule has 0 N–H and O–H groups in total. The maximum absolute atomic E-state index is 12.4. The van der Waals surface area contributed by atoms with Crippen LogP contribution in [0.2, 0.25) is 0 Å². The number of nitrogens with zero attached hydrogens (tertiary/aromatic N) is 1. The van der Waals surface area contributed by atoms with Gasteiger partial charge >= 0.3 is 0 Å². The number of carbonyl (C=O) groups excluding carboxylic acids is 1. The molecule has 0 amide bonds. The van der Waals surface area contributed by atoms with Gasteiger partial charge < -0.3 is 14.4 Å². The van der Waals surface area contributed by atoms with Crippen molar-refractivity contribution in [3.8, 4) is 11.5 Å². The molecule has 0 spiro atoms. The fourth-order valence-corrected chi connectivity index (χ4v) is 2.75. The lowest BCUT2D eigenvalue weighted by atomic mass is 10.0. The third kappa shape index (κ3) is 3.64. The average molecular weight is 289 g/mol. The second kappa shape index (κ2) is 6.76. The minimum atomic E-state index is 0.131. The van der Waals surface area contributed by atoms with E-state index in [4.69, 9.17) is 9.47 Å². The van der Waals surface area contributed by atoms with Gasteiger partial charge in [0, 0.05) is 12.5 Å². The van der Waals surface area contributed by atoms with Crippen molar-refractivity contribution >= 4 is 11.9 Å². The molecule has 1 aromatic rings. The van der Waals surface area contributed by atoms with E-state index in [1.165, 1.54) is 0 Å². The Labute approximate surface area is 126 Å². The Bertz CT molecular complexity index is 549. The maximum Gasteiger partial charge on any atom is 0.163 e. The van der Waals surface area contributed by atoms with Crippen LogP contribution in [0.25, 0.3) is 6.08 Å². The topological polar surface area (TPSA) is 38.8 Å². The Kier molecular flexibility index (Phi) is 5.02. The number of rotatable bonds is 5. The standard InChI is InChI=1S/C17H23NO3/c1-18(2)11-14-7-6-13(17(14)19)9-12-5-8-15(20-3)16(10-12)21-4/h5,8-10,14H,6-7,11H2,1-4H3. The molecular formula is C17H23NO3. The van der Waals surface area contributed by atoms with Crippen molar-refractivity contribution in [2.45, 2.75) is 12.8 Å². The number of hydrogen-bond donors (Lipinski definition) is 0. The monoisotopic (exact) mass is 289 g/mol. The number of Topliss-reactive ketones (excluding diaryl/α,β-unsaturated/α-hetero) is 1. The minimum Gasteiger partial charge on any atom is -0.493 e. The molecule has 21 heavy (non-hydrogen) atoms. The normalized spacial score (nSPS) is 20.3. The molecule has 2 rings (SSSR count). The van der Waals surface area contributed by atoms with Crippen LogP contribution < -0.4 is 9.47 Å². The molecule has 4 nitrogen and oxygen atoms in total. The molecule has 0 saturated heterocycles. The fraction of sp³-hybridized carbons (Fsp3) is 0.471. The number of allylic oxidation sites excluding steroid dienone is 1. The van der Waals surface area contributed by atoms with Gasteiger partial charge in [0.15, 0.2) is 17.3 Å². The van der Waals surface area contributed by atoms with E-state index in [2.05, 4.69) is 4.90 Å². The third-order valence-electron chi connectivity index (χ3n) is 3.78. The van der Waals surface area contributed by atoms with E-state index in [-0.39, 0.29) is 11.7 Å². The van der Waals surface area contributed by atoms with Gasteiger partial charge in [-0.1, -0.05) is 6.07 Å². The van der Waals surface area contributed by atoms with Crippen molar-refractivity contribution in [1.82, 2.24) is 4.90 Å². The van der Waals surface area contributed by atoms with Crippen LogP contribution in [0.15, 0.2) is 23.8 Å². The summed E-state index contributed by atoms with van der Waals surface area (Å²) in [4.78, 5) is 14.4. The highest BCUT2D eigenvalue weighted by molar-refractivity contribution is 6.03. The van der Waals surface area contributed by atoms with Crippen molar-refractivity contribution in [2.24, 2.45) is 5.92 Å². The average Bonchev–Trinajstić information content (AvgIpc) is 2.79. The zero-order valence-electron chi connectivity index (χ0n) is 13.2. The Balaban J connectivity index is 2.19. The molecule has 0 bridgehead atoms. The van der Waals surface area contributed by atoms with Gasteiger partial charge in [0.25, 0.3) is 0 Å². The van der Waals surface area contributed by atoms with E-state index in [1.54, 1.807) is 14.2 Å². The summed E-state index contributed by atoms with van der Waals surface area (Å²) in [6.07, 6.45) is 3.77. The van der Waals surface area contributed by atoms with E-state index in [9.17, 15) is 4.79 Å². The van der Waals surface area contributed by atoms with E-state index < -0.39 is 0 Å². The molecule has 0 heterocycles. The predicted molar refractivity (Wildman–Crippen MR) is 83.8 cm³/mol. The van der Waals surface area contributed by atoms with Gasteiger partial charge in [-0.2, -0.15) is 0 Å². The smallest absolute Gasteiger partial charge is 0.163 e. The summed E-state index contributed by atoms with van der Waals surface area (Å²) in [5.74, 6) is 1.79. The van der Waals surface area contributed by atoms with Crippen LogP contribution in [0.1, 0.15) is 18.4 Å². The van der Waals surface area contributed by atoms with Crippen LogP contribution >= 0.6 is 0 Å². The second-order valence-electron chi connectivity index (χ2n) is 5.65. The van der Waals surface area contributed by atoms with Crippen molar-refractivity contribution in [3.05, 3.63) is 29.3 Å². The summed E-state index contributed by atoms with van der Waals surface area (Å²) in [5.41, 5.74) is 1.88. The summed E-state index contributed by atoms with van der Waals surface area (Å²) in [5, 5.41) is 0. The van der Waals surface area contributed by atoms with Crippen LogP contribution in [-0.2, 0) is 4.79 Å². The van der Waals surface area contributed by atoms with E-state index in [0.29, 0.717) is 11.5 Å². The number of ether oxygens (including phenoxy) is 2. The van der Waals surface area contributed by atoms with Crippen molar-refractivity contribution in [1.29, 1.82) is 0 Å². The zero-order valence-corrected chi connectivity index (χ0v) is 13.2. The Morgan fingerprint density at radius 3 is 2.57 bits per heavy atom. The van der Waals surface area contributed by atoms with Crippen molar-refractivity contribution in [2.75, 3.05) is 34.9 Å². The van der Waals surface area contributed by atoms with Gasteiger partial charge in [0.2, 0.25) is 0 Å². The minimum absolute atomic E-state index is 0.131. The first-order valence-electron chi connectivity index (χ1n) is 7.16. The van der Waals surface area contributed by atoms with Gasteiger partial charge in [0.05, 0.1) is 14.2 Å². The summed E-state index contributed by atoms with van der Waals surface area (Å²) in [7, 11) is 7.23. The van der Waals surface area contributed by atoms with Gasteiger partial charge in [-0.15, -0.1) is 0 Å². The maximum atomic E-state index is 12.4. The molecule has 0 aliphatic heterocycles. The van der Waals surface area contributed by atoms with E-state index in [1.807, 2.05) is 38.4 Å². The largest absolute Gasteiger partial charge is 0.493 e. The number of ketones is 1. The number of hydrogen-bond acceptors (Lipinski definition) is 4. The Hall–Kier alpha value is -1.81. The van der Waals surface area contributed by atoms with Crippen LogP contribution in [0.5, 0.6) is 11.5 Å². The predicted octanol–water partition coefficient (Wildman–Crippen LogP) is 2.63. The van der Waals surface area contributed by atoms with Crippen LogP contribution in [0.4, 0.5) is 0 Å². The van der Waals surface area contributed by atoms with E-state index in [0.717, 1.165) is 30.5 Å². The molecule has 4 heteroatoms. The lowest BCUT2D eigenvalue weighted by Crippen LogP contribution is -2.24. The molecule has 1 aliphatic rings. The molecular weight excluding hydrogens is 266 g/mol. The Morgan fingerprint density at radius 1 is 1.24 bits per heavy atom. The number of methoxy groups -OCH3 is 2. The number of benzene rings is 1. The molecule has 0 aromatic heterocycles. The molecule has 114 valence electrons. The molecule has 1 atom stereocenters. The molecule has 1 fully saturated rings. The van der Waals surface area contributed by atoms with Crippen LogP contribution in [0, 0.1) is 5.92 Å². The first kappa shape index (κ1) is 15.6. The number of carbonyl (C=O) groups is 1. The summed E-state index contributed by atoms with van der Waals surface area (Å²) in [6.45, 7) is 0.822. The summed E-state index contributed by atoms with van der Waals surface area (Å²) < 4.78 is 10.5. The van der Waals surface area contributed by atoms with Gasteiger partial charge in [0.1, 0.15) is 0 Å². The SMILES string of the molecule is COc1ccc(C=C2CCC(CN(C)C)C2=O)cc1OC. The summed E-state index contributed by atoms with van der Waals surface area (Å²) >= 11 is 0. The van der Waals surface area contributed by atoms with Gasteiger partial charge in [-0.25, -0.2) is 0 Å². The van der Waals surface area contributed by atoms with Crippen molar-refractivity contribution < 1.29 is 14.3 Å². The molecule has 0 radical (unpaired) electrons. The molecule has 1 aromatic carbocycles. The lowest BCUT2D eigenvalue weighted by Gasteiger charge is -2.13. The highest BCUT2D eigenvalue weighted by Gasteiger charge is 2.29. The fourth-order valence-electron chi connectivity index (χ4n) is 2.75. The molecule has 1 aliphatic carbocycles. The van der Waals surface area contributed by atoms with Crippen molar-refractivity contribution in [3.63, 3.8) is 0 Å². The zero-order chi connectivity index (χ0) is 15.4. The first-order chi connectivity index (χ1) is 10.0. The van der Waals surface area contributed by atoms with Crippen LogP contribution in [-0.4, -0.2) is 45.5 Å². The summed E-state index contributed by atoms with van der Waals surface area (Å²) in [6, 6.07) is 5.71. The lowest BCUT2D eigenvalue weighted by molar-refractivity contribution is -0.118. The Morgan fingerprint density at radius 2 is 1.95 bits per heavy atom. The highest BCUT2D eigenvalue weighted by Crippen LogP contribution is 2.32. The van der Waals surface area contributed by atoms with Gasteiger partial charge in [-0.05, 0) is 56.3 Å². The second-order valence-corrected chi connectivity index (χ2v) is 5.65. The molecule has 1 unspecified atom stereocenters. The quantitative estimate of drug-likeness (QED) is 0.781. The van der Waals surface area contributed by atoms with Crippen LogP contribution in [0.3, 0.4) is 0 Å². The first-order valence-corrected chi connectivity index (χ1v) is 7.16. The molecule has 1 saturated carbocycles.